The summed E-state index contributed by atoms with van der Waals surface area (Å²) in [4.78, 5) is 13.5. The molecule has 1 aliphatic carbocycles. The average molecular weight is 397 g/mol. The number of benzene rings is 3. The van der Waals surface area contributed by atoms with E-state index in [0.29, 0.717) is 6.42 Å². The maximum atomic E-state index is 13.5. The first-order valence-electron chi connectivity index (χ1n) is 11.2. The first-order chi connectivity index (χ1) is 14.7. The first-order valence-corrected chi connectivity index (χ1v) is 11.2. The van der Waals surface area contributed by atoms with Crippen molar-refractivity contribution < 1.29 is 4.79 Å². The van der Waals surface area contributed by atoms with E-state index in [0.717, 1.165) is 24.1 Å². The number of fused-ring (bicyclic) bond motifs is 1. The second-order valence-electron chi connectivity index (χ2n) is 8.76. The van der Waals surface area contributed by atoms with Crippen LogP contribution in [0.15, 0.2) is 71.8 Å². The Labute approximate surface area is 178 Å². The van der Waals surface area contributed by atoms with Crippen molar-refractivity contribution in [3.05, 3.63) is 83.4 Å². The van der Waals surface area contributed by atoms with Crippen LogP contribution < -0.4 is 0 Å². The summed E-state index contributed by atoms with van der Waals surface area (Å²) in [7, 11) is 0. The SMILES string of the molecule is Cc1ccc(CC2C(=O)N(C3CCCCC3)N=C2c2ccc3ccccc3c2)cc1. The Bertz CT molecular complexity index is 1090. The van der Waals surface area contributed by atoms with Gasteiger partial charge in [0.05, 0.1) is 17.7 Å². The van der Waals surface area contributed by atoms with E-state index in [-0.39, 0.29) is 17.9 Å². The predicted octanol–water partition coefficient (Wildman–Crippen LogP) is 5.89. The standard InChI is InChI=1S/C27H28N2O/c1-19-11-13-20(14-12-19)17-25-26(23-16-15-21-7-5-6-8-22(21)18-23)28-29(27(25)30)24-9-3-2-4-10-24/h5-8,11-16,18,24-25H,2-4,9-10,17H2,1H3. The molecule has 1 saturated carbocycles. The van der Waals surface area contributed by atoms with Gasteiger partial charge >= 0.3 is 0 Å². The zero-order valence-corrected chi connectivity index (χ0v) is 17.6. The number of carbonyl (C=O) groups is 1. The van der Waals surface area contributed by atoms with Crippen molar-refractivity contribution in [3.63, 3.8) is 0 Å². The molecule has 3 aromatic rings. The molecule has 0 bridgehead atoms. The Balaban J connectivity index is 1.52. The second kappa shape index (κ2) is 8.06. The summed E-state index contributed by atoms with van der Waals surface area (Å²) in [5.41, 5.74) is 4.43. The minimum absolute atomic E-state index is 0.172. The molecule has 1 heterocycles. The fourth-order valence-electron chi connectivity index (χ4n) is 4.85. The Morgan fingerprint density at radius 2 is 1.63 bits per heavy atom. The number of carbonyl (C=O) groups excluding carboxylic acids is 1. The minimum atomic E-state index is -0.212. The van der Waals surface area contributed by atoms with Gasteiger partial charge in [-0.15, -0.1) is 0 Å². The Hall–Kier alpha value is -2.94. The second-order valence-corrected chi connectivity index (χ2v) is 8.76. The predicted molar refractivity (Wildman–Crippen MR) is 123 cm³/mol. The molecule has 1 unspecified atom stereocenters. The van der Waals surface area contributed by atoms with Gasteiger partial charge in [0.15, 0.2) is 0 Å². The molecule has 152 valence electrons. The summed E-state index contributed by atoms with van der Waals surface area (Å²) in [5, 5.41) is 9.20. The molecule has 0 radical (unpaired) electrons. The zero-order valence-electron chi connectivity index (χ0n) is 17.6. The van der Waals surface area contributed by atoms with Crippen LogP contribution in [-0.4, -0.2) is 22.7 Å². The minimum Gasteiger partial charge on any atom is -0.272 e. The fourth-order valence-corrected chi connectivity index (χ4v) is 4.85. The van der Waals surface area contributed by atoms with Crippen molar-refractivity contribution in [3.8, 4) is 0 Å². The molecule has 1 fully saturated rings. The van der Waals surface area contributed by atoms with Gasteiger partial charge in [-0.05, 0) is 54.2 Å². The topological polar surface area (TPSA) is 32.7 Å². The van der Waals surface area contributed by atoms with Crippen LogP contribution in [0.25, 0.3) is 10.8 Å². The highest BCUT2D eigenvalue weighted by molar-refractivity contribution is 6.17. The van der Waals surface area contributed by atoms with Gasteiger partial charge < -0.3 is 0 Å². The van der Waals surface area contributed by atoms with Gasteiger partial charge in [-0.2, -0.15) is 5.10 Å². The molecule has 1 atom stereocenters. The normalized spacial score (nSPS) is 20.0. The van der Waals surface area contributed by atoms with Gasteiger partial charge in [0.2, 0.25) is 0 Å². The van der Waals surface area contributed by atoms with E-state index in [1.54, 1.807) is 0 Å². The van der Waals surface area contributed by atoms with Crippen LogP contribution in [0.1, 0.15) is 48.8 Å². The third kappa shape index (κ3) is 3.65. The molecule has 0 saturated heterocycles. The summed E-state index contributed by atoms with van der Waals surface area (Å²) < 4.78 is 0. The quantitative estimate of drug-likeness (QED) is 0.541. The maximum Gasteiger partial charge on any atom is 0.252 e. The van der Waals surface area contributed by atoms with Crippen LogP contribution in [0.2, 0.25) is 0 Å². The first kappa shape index (κ1) is 19.0. The molecular formula is C27H28N2O. The van der Waals surface area contributed by atoms with Gasteiger partial charge in [-0.1, -0.05) is 85.5 Å². The third-order valence-electron chi connectivity index (χ3n) is 6.60. The highest BCUT2D eigenvalue weighted by Crippen LogP contribution is 2.32. The van der Waals surface area contributed by atoms with E-state index in [9.17, 15) is 4.79 Å². The van der Waals surface area contributed by atoms with Crippen LogP contribution >= 0.6 is 0 Å². The number of rotatable bonds is 4. The van der Waals surface area contributed by atoms with E-state index in [1.807, 2.05) is 5.01 Å². The van der Waals surface area contributed by atoms with E-state index < -0.39 is 0 Å². The molecule has 1 aliphatic heterocycles. The molecule has 0 spiro atoms. The molecule has 30 heavy (non-hydrogen) atoms. The van der Waals surface area contributed by atoms with Crippen LogP contribution in [0.3, 0.4) is 0 Å². The monoisotopic (exact) mass is 396 g/mol. The number of aryl methyl sites for hydroxylation is 1. The smallest absolute Gasteiger partial charge is 0.252 e. The summed E-state index contributed by atoms with van der Waals surface area (Å²) in [6.07, 6.45) is 6.49. The number of nitrogens with zero attached hydrogens (tertiary/aromatic N) is 2. The van der Waals surface area contributed by atoms with E-state index in [2.05, 4.69) is 73.7 Å². The van der Waals surface area contributed by atoms with Crippen molar-refractivity contribution in [2.75, 3.05) is 0 Å². The van der Waals surface area contributed by atoms with Gasteiger partial charge in [0.25, 0.3) is 5.91 Å². The molecule has 2 aliphatic rings. The lowest BCUT2D eigenvalue weighted by molar-refractivity contribution is -0.134. The lowest BCUT2D eigenvalue weighted by Crippen LogP contribution is -2.37. The Morgan fingerprint density at radius 1 is 0.900 bits per heavy atom. The van der Waals surface area contributed by atoms with Gasteiger partial charge in [-0.25, -0.2) is 5.01 Å². The highest BCUT2D eigenvalue weighted by Gasteiger charge is 2.40. The van der Waals surface area contributed by atoms with Gasteiger partial charge in [-0.3, -0.25) is 4.79 Å². The van der Waals surface area contributed by atoms with Crippen molar-refractivity contribution in [2.45, 2.75) is 51.5 Å². The number of hydrogen-bond acceptors (Lipinski definition) is 2. The molecule has 3 aromatic carbocycles. The van der Waals surface area contributed by atoms with E-state index >= 15 is 0 Å². The Kier molecular flexibility index (Phi) is 5.12. The molecule has 5 rings (SSSR count). The Morgan fingerprint density at radius 3 is 2.40 bits per heavy atom. The van der Waals surface area contributed by atoms with Crippen molar-refractivity contribution >= 4 is 22.4 Å². The van der Waals surface area contributed by atoms with Crippen LogP contribution in [-0.2, 0) is 11.2 Å². The highest BCUT2D eigenvalue weighted by atomic mass is 16.2. The molecule has 1 amide bonds. The lowest BCUT2D eigenvalue weighted by Gasteiger charge is -2.28. The lowest BCUT2D eigenvalue weighted by atomic mass is 9.89. The average Bonchev–Trinajstić information content (AvgIpc) is 3.11. The largest absolute Gasteiger partial charge is 0.272 e. The molecule has 3 heteroatoms. The zero-order chi connectivity index (χ0) is 20.5. The number of amides is 1. The molecule has 0 aromatic heterocycles. The summed E-state index contributed by atoms with van der Waals surface area (Å²) in [5.74, 6) is -0.0403. The number of hydrazone groups is 1. The summed E-state index contributed by atoms with van der Waals surface area (Å²) in [6.45, 7) is 2.09. The molecule has 3 nitrogen and oxygen atoms in total. The van der Waals surface area contributed by atoms with Crippen LogP contribution in [0.5, 0.6) is 0 Å². The van der Waals surface area contributed by atoms with Gasteiger partial charge in [0, 0.05) is 0 Å². The maximum absolute atomic E-state index is 13.5. The van der Waals surface area contributed by atoms with Crippen LogP contribution in [0.4, 0.5) is 0 Å². The van der Waals surface area contributed by atoms with Gasteiger partial charge in [0.1, 0.15) is 0 Å². The van der Waals surface area contributed by atoms with E-state index in [1.165, 1.54) is 41.2 Å². The summed E-state index contributed by atoms with van der Waals surface area (Å²) >= 11 is 0. The van der Waals surface area contributed by atoms with Crippen molar-refractivity contribution in [2.24, 2.45) is 11.0 Å². The van der Waals surface area contributed by atoms with Crippen LogP contribution in [0, 0.1) is 12.8 Å². The number of hydrogen-bond donors (Lipinski definition) is 0. The summed E-state index contributed by atoms with van der Waals surface area (Å²) in [6, 6.07) is 23.6. The van der Waals surface area contributed by atoms with E-state index in [4.69, 9.17) is 5.10 Å². The third-order valence-corrected chi connectivity index (χ3v) is 6.60. The fraction of sp³-hybridized carbons (Fsp3) is 0.333. The van der Waals surface area contributed by atoms with Crippen molar-refractivity contribution in [1.82, 2.24) is 5.01 Å². The molecule has 0 N–H and O–H groups in total. The molecular weight excluding hydrogens is 368 g/mol. The van der Waals surface area contributed by atoms with Crippen molar-refractivity contribution in [1.29, 1.82) is 0 Å².